The number of rotatable bonds is 7. The van der Waals surface area contributed by atoms with Crippen molar-refractivity contribution < 1.29 is 18.9 Å². The molecule has 2 aromatic heterocycles. The molecule has 5 rings (SSSR count). The van der Waals surface area contributed by atoms with Crippen molar-refractivity contribution in [3.05, 3.63) is 67.5 Å². The zero-order chi connectivity index (χ0) is 25.8. The number of hydrogen-bond acceptors (Lipinski definition) is 7. The molecule has 0 bridgehead atoms. The highest BCUT2D eigenvalue weighted by atomic mass is 28.4. The Labute approximate surface area is 209 Å². The fourth-order valence-electron chi connectivity index (χ4n) is 5.57. The van der Waals surface area contributed by atoms with Crippen LogP contribution in [-0.2, 0) is 32.7 Å². The molecule has 0 spiro atoms. The zero-order valence-electron chi connectivity index (χ0n) is 20.9. The molecule has 10 heteroatoms. The summed E-state index contributed by atoms with van der Waals surface area (Å²) in [4.78, 5) is 42.6. The number of benzene rings is 1. The molecule has 0 amide bonds. The lowest BCUT2D eigenvalue weighted by Gasteiger charge is -2.43. The first-order chi connectivity index (χ1) is 17.2. The molecule has 0 saturated carbocycles. The van der Waals surface area contributed by atoms with Crippen LogP contribution < -0.4 is 5.56 Å². The number of esters is 1. The zero-order valence-corrected chi connectivity index (χ0v) is 21.9. The average Bonchev–Trinajstić information content (AvgIpc) is 3.25. The van der Waals surface area contributed by atoms with Gasteiger partial charge in [0.25, 0.3) is 11.2 Å². The Bertz CT molecular complexity index is 1470. The van der Waals surface area contributed by atoms with Gasteiger partial charge in [0.15, 0.2) is 13.9 Å². The number of pyridine rings is 2. The predicted molar refractivity (Wildman–Crippen MR) is 137 cm³/mol. The van der Waals surface area contributed by atoms with Gasteiger partial charge in [-0.05, 0) is 42.8 Å². The van der Waals surface area contributed by atoms with Crippen LogP contribution in [0.3, 0.4) is 0 Å². The fourth-order valence-corrected chi connectivity index (χ4v) is 8.58. The molecule has 1 aromatic carbocycles. The summed E-state index contributed by atoms with van der Waals surface area (Å²) in [5.41, 5.74) is 1.93. The molecule has 0 saturated heterocycles. The molecule has 0 N–H and O–H groups in total. The Morgan fingerprint density at radius 3 is 2.50 bits per heavy atom. The Morgan fingerprint density at radius 2 is 1.86 bits per heavy atom. The largest absolute Gasteiger partial charge is 0.458 e. The summed E-state index contributed by atoms with van der Waals surface area (Å²) in [5.74, 6) is -0.450. The summed E-state index contributed by atoms with van der Waals surface area (Å²) in [6, 6.07) is 10.9. The number of fused-ring (bicyclic) bond motifs is 5. The van der Waals surface area contributed by atoms with Crippen molar-refractivity contribution in [3.63, 3.8) is 0 Å². The van der Waals surface area contributed by atoms with Gasteiger partial charge in [-0.15, -0.1) is 0 Å². The van der Waals surface area contributed by atoms with Crippen molar-refractivity contribution in [3.8, 4) is 11.4 Å². The Morgan fingerprint density at radius 1 is 1.14 bits per heavy atom. The second-order valence-corrected chi connectivity index (χ2v) is 14.2. The number of non-ortho nitro benzene ring substituents is 1. The monoisotopic (exact) mass is 507 g/mol. The van der Waals surface area contributed by atoms with Gasteiger partial charge in [0.05, 0.1) is 33.9 Å². The summed E-state index contributed by atoms with van der Waals surface area (Å²) in [6.45, 7) is 8.43. The smallest absolute Gasteiger partial charge is 0.342 e. The van der Waals surface area contributed by atoms with E-state index in [9.17, 15) is 19.7 Å². The van der Waals surface area contributed by atoms with Crippen molar-refractivity contribution in [1.82, 2.24) is 9.55 Å². The molecule has 0 unspecified atom stereocenters. The van der Waals surface area contributed by atoms with Gasteiger partial charge in [-0.1, -0.05) is 27.7 Å². The SMILES string of the molecule is CC[C@@]1(O[Si](CC)(CC)CC)C(=O)OCc2c1cc1n(c2=O)Cc2cc3ccc([N+](=O)[O-])cc3nc2-1. The summed E-state index contributed by atoms with van der Waals surface area (Å²) in [7, 11) is -2.27. The van der Waals surface area contributed by atoms with E-state index < -0.39 is 24.8 Å². The van der Waals surface area contributed by atoms with Gasteiger partial charge in [-0.2, -0.15) is 0 Å². The number of nitro benzene ring substituents is 1. The third kappa shape index (κ3) is 3.42. The minimum atomic E-state index is -2.27. The van der Waals surface area contributed by atoms with Crippen molar-refractivity contribution in [1.29, 1.82) is 0 Å². The number of cyclic esters (lactones) is 1. The van der Waals surface area contributed by atoms with Crippen molar-refractivity contribution >= 4 is 30.9 Å². The van der Waals surface area contributed by atoms with E-state index in [2.05, 4.69) is 20.8 Å². The molecule has 4 heterocycles. The first kappa shape index (κ1) is 24.3. The molecular weight excluding hydrogens is 478 g/mol. The van der Waals surface area contributed by atoms with Crippen molar-refractivity contribution in [2.24, 2.45) is 0 Å². The van der Waals surface area contributed by atoms with Gasteiger partial charge in [-0.25, -0.2) is 9.78 Å². The first-order valence-electron chi connectivity index (χ1n) is 12.5. The van der Waals surface area contributed by atoms with Gasteiger partial charge in [-0.3, -0.25) is 14.9 Å². The van der Waals surface area contributed by atoms with Crippen LogP contribution in [0, 0.1) is 10.1 Å². The van der Waals surface area contributed by atoms with E-state index in [0.29, 0.717) is 41.0 Å². The van der Waals surface area contributed by atoms with Gasteiger partial charge in [0, 0.05) is 28.6 Å². The molecule has 0 radical (unpaired) electrons. The van der Waals surface area contributed by atoms with Crippen LogP contribution in [0.4, 0.5) is 5.69 Å². The van der Waals surface area contributed by atoms with Crippen LogP contribution in [-0.4, -0.2) is 28.8 Å². The number of hydrogen-bond donors (Lipinski definition) is 0. The fraction of sp³-hybridized carbons (Fsp3) is 0.423. The maximum atomic E-state index is 13.7. The summed E-state index contributed by atoms with van der Waals surface area (Å²) in [5, 5.41) is 12.0. The lowest BCUT2D eigenvalue weighted by atomic mass is 9.86. The average molecular weight is 508 g/mol. The topological polar surface area (TPSA) is 114 Å². The minimum absolute atomic E-state index is 0.0445. The molecule has 2 aliphatic heterocycles. The minimum Gasteiger partial charge on any atom is -0.458 e. The highest BCUT2D eigenvalue weighted by Gasteiger charge is 2.52. The molecule has 1 atom stereocenters. The van der Waals surface area contributed by atoms with Crippen LogP contribution in [0.15, 0.2) is 35.1 Å². The second kappa shape index (κ2) is 8.63. The molecular formula is C26H29N3O6Si. The van der Waals surface area contributed by atoms with Gasteiger partial charge < -0.3 is 13.7 Å². The summed E-state index contributed by atoms with van der Waals surface area (Å²) in [6.07, 6.45) is 0.348. The van der Waals surface area contributed by atoms with Gasteiger partial charge >= 0.3 is 5.97 Å². The van der Waals surface area contributed by atoms with E-state index in [0.717, 1.165) is 29.1 Å². The van der Waals surface area contributed by atoms with Crippen molar-refractivity contribution in [2.75, 3.05) is 0 Å². The molecule has 3 aromatic rings. The van der Waals surface area contributed by atoms with Crippen LogP contribution in [0.2, 0.25) is 18.1 Å². The molecule has 0 aliphatic carbocycles. The summed E-state index contributed by atoms with van der Waals surface area (Å²) < 4.78 is 14.1. The Hall–Kier alpha value is -3.37. The third-order valence-corrected chi connectivity index (χ3v) is 12.6. The number of carbonyl (C=O) groups is 1. The van der Waals surface area contributed by atoms with Crippen LogP contribution in [0.1, 0.15) is 50.8 Å². The number of nitrogens with zero attached hydrogens (tertiary/aromatic N) is 3. The van der Waals surface area contributed by atoms with Crippen LogP contribution in [0.5, 0.6) is 0 Å². The van der Waals surface area contributed by atoms with Crippen LogP contribution >= 0.6 is 0 Å². The first-order valence-corrected chi connectivity index (χ1v) is 15.0. The van der Waals surface area contributed by atoms with Crippen LogP contribution in [0.25, 0.3) is 22.3 Å². The number of aromatic nitrogens is 2. The number of nitro groups is 1. The van der Waals surface area contributed by atoms with E-state index in [1.54, 1.807) is 10.6 Å². The van der Waals surface area contributed by atoms with Crippen molar-refractivity contribution in [2.45, 2.75) is 71.0 Å². The van der Waals surface area contributed by atoms with Gasteiger partial charge in [0.1, 0.15) is 6.61 Å². The molecule has 9 nitrogen and oxygen atoms in total. The quantitative estimate of drug-likeness (QED) is 0.149. The third-order valence-electron chi connectivity index (χ3n) is 8.00. The number of carbonyl (C=O) groups excluding carboxylic acids is 1. The standard InChI is InChI=1S/C26H29N3O6Si/c1-5-26(35-36(6-2,7-3)8-4)20-13-22-23-17(14-28(22)24(30)19(20)15-34-25(26)31)11-16-9-10-18(29(32)33)12-21(16)27-23/h9-13H,5-8,14-15H2,1-4H3/t26-/m0/s1. The lowest BCUT2D eigenvalue weighted by molar-refractivity contribution is -0.384. The maximum Gasteiger partial charge on any atom is 0.342 e. The van der Waals surface area contributed by atoms with E-state index in [1.165, 1.54) is 12.1 Å². The molecule has 2 aliphatic rings. The molecule has 188 valence electrons. The molecule has 0 fully saturated rings. The van der Waals surface area contributed by atoms with Gasteiger partial charge in [0.2, 0.25) is 0 Å². The second-order valence-electron chi connectivity index (χ2n) is 9.55. The lowest BCUT2D eigenvalue weighted by Crippen LogP contribution is -2.53. The molecule has 36 heavy (non-hydrogen) atoms. The number of ether oxygens (including phenoxy) is 1. The van der Waals surface area contributed by atoms with E-state index in [4.69, 9.17) is 14.1 Å². The van der Waals surface area contributed by atoms with E-state index in [-0.39, 0.29) is 17.9 Å². The maximum absolute atomic E-state index is 13.7. The highest BCUT2D eigenvalue weighted by Crippen LogP contribution is 2.44. The Balaban J connectivity index is 1.73. The normalized spacial score (nSPS) is 18.5. The highest BCUT2D eigenvalue weighted by molar-refractivity contribution is 6.73. The van der Waals surface area contributed by atoms with E-state index in [1.807, 2.05) is 19.1 Å². The predicted octanol–water partition coefficient (Wildman–Crippen LogP) is 5.02. The Kier molecular flexibility index (Phi) is 5.83. The summed E-state index contributed by atoms with van der Waals surface area (Å²) >= 11 is 0. The van der Waals surface area contributed by atoms with E-state index >= 15 is 0 Å².